The topological polar surface area (TPSA) is 157 Å². The van der Waals surface area contributed by atoms with E-state index in [0.29, 0.717) is 28.8 Å². The van der Waals surface area contributed by atoms with Gasteiger partial charge in [-0.25, -0.2) is 14.2 Å². The molecule has 1 aliphatic carbocycles. The molecule has 0 saturated carbocycles. The van der Waals surface area contributed by atoms with E-state index in [0.717, 1.165) is 22.1 Å². The average molecular weight is 634 g/mol. The number of anilines is 1. The predicted molar refractivity (Wildman–Crippen MR) is 172 cm³/mol. The minimum atomic E-state index is -4.00. The first kappa shape index (κ1) is 29.0. The molecule has 0 fully saturated rings. The number of carbonyl (C=O) groups is 1. The first-order valence-corrected chi connectivity index (χ1v) is 15.8. The minimum absolute atomic E-state index is 0.0621. The van der Waals surface area contributed by atoms with Crippen LogP contribution in [-0.2, 0) is 23.7 Å². The third-order valence-corrected chi connectivity index (χ3v) is 8.87. The Kier molecular flexibility index (Phi) is 6.92. The molecule has 13 nitrogen and oxygen atoms in total. The summed E-state index contributed by atoms with van der Waals surface area (Å²) >= 11 is 0. The number of pyridine rings is 1. The Morgan fingerprint density at radius 2 is 1.87 bits per heavy atom. The van der Waals surface area contributed by atoms with Gasteiger partial charge < -0.3 is 5.32 Å². The molecule has 0 unspecified atom stereocenters. The zero-order chi connectivity index (χ0) is 32.2. The summed E-state index contributed by atoms with van der Waals surface area (Å²) in [5.41, 5.74) is 4.34. The molecule has 0 radical (unpaired) electrons. The van der Waals surface area contributed by atoms with Crippen LogP contribution in [0.15, 0.2) is 78.1 Å². The Balaban J connectivity index is 1.37. The van der Waals surface area contributed by atoms with Crippen LogP contribution in [0.1, 0.15) is 51.3 Å². The molecule has 1 amide bonds. The predicted octanol–water partition coefficient (Wildman–Crippen LogP) is 2.44. The van der Waals surface area contributed by atoms with Crippen LogP contribution < -0.4 is 20.3 Å². The monoisotopic (exact) mass is 633 g/mol. The Morgan fingerprint density at radius 1 is 1.07 bits per heavy atom. The lowest BCUT2D eigenvalue weighted by Gasteiger charge is -2.30. The molecule has 46 heavy (non-hydrogen) atoms. The summed E-state index contributed by atoms with van der Waals surface area (Å²) in [6.07, 6.45) is 7.11. The molecule has 0 aliphatic heterocycles. The van der Waals surface area contributed by atoms with Gasteiger partial charge >= 0.3 is 0 Å². The quantitative estimate of drug-likeness (QED) is 0.228. The molecule has 4 heterocycles. The van der Waals surface area contributed by atoms with Gasteiger partial charge in [-0.2, -0.15) is 13.5 Å². The molecule has 1 aliphatic rings. The van der Waals surface area contributed by atoms with E-state index in [1.165, 1.54) is 17.8 Å². The third-order valence-electron chi connectivity index (χ3n) is 7.87. The van der Waals surface area contributed by atoms with Gasteiger partial charge in [-0.1, -0.05) is 36.1 Å². The number of nitrogens with one attached hydrogen (secondary N) is 3. The van der Waals surface area contributed by atoms with Crippen molar-refractivity contribution in [1.82, 2.24) is 39.0 Å². The summed E-state index contributed by atoms with van der Waals surface area (Å²) < 4.78 is 33.8. The Labute approximate surface area is 263 Å². The smallest absolute Gasteiger partial charge is 0.300 e. The number of para-hydroxylation sites is 1. The van der Waals surface area contributed by atoms with Gasteiger partial charge in [0.1, 0.15) is 5.56 Å². The fraction of sp³-hybridized carbons (Fsp3) is 0.156. The highest BCUT2D eigenvalue weighted by Gasteiger charge is 2.32. The number of hydrogen-bond acceptors (Lipinski definition) is 7. The molecular weight excluding hydrogens is 606 g/mol. The van der Waals surface area contributed by atoms with Gasteiger partial charge in [0.25, 0.3) is 21.7 Å². The average Bonchev–Trinajstić information content (AvgIpc) is 3.62. The summed E-state index contributed by atoms with van der Waals surface area (Å²) in [7, 11) is -0.945. The van der Waals surface area contributed by atoms with E-state index in [1.807, 2.05) is 49.5 Å². The van der Waals surface area contributed by atoms with Crippen LogP contribution in [-0.4, -0.2) is 50.3 Å². The molecule has 230 valence electrons. The molecule has 6 aromatic rings. The SMILES string of the molecule is CNS(=O)(=O)Nc1nn2cccnc2c1C(=O)N[C@H](C)c1c2c3c(ccc(C#Cc4cnn(C)c4)c3c(=O)n1-c1ccccc1)C2. The summed E-state index contributed by atoms with van der Waals surface area (Å²) in [6, 6.07) is 14.0. The summed E-state index contributed by atoms with van der Waals surface area (Å²) in [4.78, 5) is 32.7. The summed E-state index contributed by atoms with van der Waals surface area (Å²) in [5.74, 6) is 5.47. The molecule has 4 aromatic heterocycles. The maximum absolute atomic E-state index is 14.5. The maximum atomic E-state index is 14.5. The number of carbonyl (C=O) groups excluding carboxylic acids is 1. The van der Waals surface area contributed by atoms with Crippen LogP contribution >= 0.6 is 0 Å². The molecule has 7 rings (SSSR count). The van der Waals surface area contributed by atoms with Crippen LogP contribution in [0, 0.1) is 11.8 Å². The van der Waals surface area contributed by atoms with Crippen LogP contribution in [0.3, 0.4) is 0 Å². The minimum Gasteiger partial charge on any atom is -0.344 e. The Hall–Kier alpha value is -5.78. The van der Waals surface area contributed by atoms with Crippen LogP contribution in [0.4, 0.5) is 5.82 Å². The highest BCUT2D eigenvalue weighted by Crippen LogP contribution is 2.39. The van der Waals surface area contributed by atoms with Crippen molar-refractivity contribution in [2.24, 2.45) is 7.05 Å². The lowest BCUT2D eigenvalue weighted by Crippen LogP contribution is -2.36. The number of rotatable bonds is 7. The fourth-order valence-electron chi connectivity index (χ4n) is 5.81. The molecule has 3 N–H and O–H groups in total. The van der Waals surface area contributed by atoms with Gasteiger partial charge in [-0.05, 0) is 47.7 Å². The van der Waals surface area contributed by atoms with E-state index in [4.69, 9.17) is 0 Å². The van der Waals surface area contributed by atoms with Crippen molar-refractivity contribution in [3.8, 4) is 17.5 Å². The van der Waals surface area contributed by atoms with Gasteiger partial charge in [0.15, 0.2) is 11.5 Å². The van der Waals surface area contributed by atoms with Crippen molar-refractivity contribution in [3.05, 3.63) is 117 Å². The number of amides is 1. The molecular formula is C32H27N9O4S. The number of hydrogen-bond donors (Lipinski definition) is 3. The first-order valence-electron chi connectivity index (χ1n) is 14.3. The number of aromatic nitrogens is 6. The van der Waals surface area contributed by atoms with E-state index in [1.54, 1.807) is 40.8 Å². The third kappa shape index (κ3) is 4.87. The molecule has 2 aromatic carbocycles. The van der Waals surface area contributed by atoms with Gasteiger partial charge in [0, 0.05) is 50.4 Å². The van der Waals surface area contributed by atoms with Crippen molar-refractivity contribution < 1.29 is 13.2 Å². The second kappa shape index (κ2) is 11.0. The first-order chi connectivity index (χ1) is 22.1. The van der Waals surface area contributed by atoms with Gasteiger partial charge in [-0.15, -0.1) is 5.10 Å². The lowest BCUT2D eigenvalue weighted by atomic mass is 9.81. The van der Waals surface area contributed by atoms with E-state index in [2.05, 4.69) is 41.8 Å². The second-order valence-electron chi connectivity index (χ2n) is 10.8. The Bertz CT molecular complexity index is 2430. The number of aryl methyl sites for hydroxylation is 1. The van der Waals surface area contributed by atoms with Gasteiger partial charge in [-0.3, -0.25) is 23.6 Å². The molecule has 0 saturated heterocycles. The molecule has 1 atom stereocenters. The van der Waals surface area contributed by atoms with E-state index in [-0.39, 0.29) is 22.6 Å². The zero-order valence-corrected chi connectivity index (χ0v) is 25.8. The molecule has 0 spiro atoms. The standard InChI is InChI=1S/C32H27N9O4S/c1-19(36-31(42)27-29(38-46(44,45)33-2)37-40-15-7-14-34-30(27)40)28-24-16-22-13-12-21(11-10-20-17-35-39(3)18-20)26(25(22)24)32(43)41(28)23-8-5-4-6-9-23/h4-9,12-15,17-19,33H,16H2,1-3H3,(H,36,42)(H,37,38)/t19-/m1/s1. The molecule has 0 bridgehead atoms. The zero-order valence-electron chi connectivity index (χ0n) is 24.9. The lowest BCUT2D eigenvalue weighted by molar-refractivity contribution is 0.0941. The largest absolute Gasteiger partial charge is 0.344 e. The van der Waals surface area contributed by atoms with Crippen molar-refractivity contribution in [2.75, 3.05) is 11.8 Å². The Morgan fingerprint density at radius 3 is 2.61 bits per heavy atom. The van der Waals surface area contributed by atoms with Crippen LogP contribution in [0.25, 0.3) is 22.1 Å². The van der Waals surface area contributed by atoms with Crippen molar-refractivity contribution >= 4 is 38.4 Å². The van der Waals surface area contributed by atoms with Gasteiger partial charge in [0.2, 0.25) is 0 Å². The van der Waals surface area contributed by atoms with Crippen LogP contribution in [0.5, 0.6) is 0 Å². The molecule has 14 heteroatoms. The maximum Gasteiger partial charge on any atom is 0.300 e. The highest BCUT2D eigenvalue weighted by molar-refractivity contribution is 7.90. The van der Waals surface area contributed by atoms with E-state index >= 15 is 0 Å². The summed E-state index contributed by atoms with van der Waals surface area (Å²) in [5, 5.41) is 12.7. The van der Waals surface area contributed by atoms with Crippen molar-refractivity contribution in [2.45, 2.75) is 19.4 Å². The van der Waals surface area contributed by atoms with Crippen LogP contribution in [0.2, 0.25) is 0 Å². The number of nitrogens with zero attached hydrogens (tertiary/aromatic N) is 6. The summed E-state index contributed by atoms with van der Waals surface area (Å²) in [6.45, 7) is 1.79. The number of fused-ring (bicyclic) bond motifs is 1. The fourth-order valence-corrected chi connectivity index (χ4v) is 6.31. The number of benzene rings is 2. The second-order valence-corrected chi connectivity index (χ2v) is 12.4. The van der Waals surface area contributed by atoms with Crippen molar-refractivity contribution in [1.29, 1.82) is 0 Å². The van der Waals surface area contributed by atoms with Gasteiger partial charge in [0.05, 0.1) is 28.9 Å². The normalized spacial score (nSPS) is 12.8. The van der Waals surface area contributed by atoms with E-state index in [9.17, 15) is 18.0 Å². The highest BCUT2D eigenvalue weighted by atomic mass is 32.2. The van der Waals surface area contributed by atoms with E-state index < -0.39 is 22.2 Å². The van der Waals surface area contributed by atoms with Crippen molar-refractivity contribution in [3.63, 3.8) is 0 Å².